The smallest absolute Gasteiger partial charge is 0.129 e. The Morgan fingerprint density at radius 2 is 1.94 bits per heavy atom. The molecule has 0 unspecified atom stereocenters. The lowest BCUT2D eigenvalue weighted by Crippen LogP contribution is -2.36. The van der Waals surface area contributed by atoms with Crippen LogP contribution in [0.15, 0.2) is 30.3 Å². The predicted molar refractivity (Wildman–Crippen MR) is 73.9 cm³/mol. The fraction of sp³-hybridized carbons (Fsp3) is 0.400. The molecule has 1 N–H and O–H groups in total. The number of aromatic nitrogens is 1. The van der Waals surface area contributed by atoms with Gasteiger partial charge in [0, 0.05) is 18.5 Å². The van der Waals surface area contributed by atoms with Crippen LogP contribution in [0.25, 0.3) is 10.9 Å². The molecule has 0 amide bonds. The lowest BCUT2D eigenvalue weighted by Gasteiger charge is -2.30. The van der Waals surface area contributed by atoms with Crippen molar-refractivity contribution in [3.63, 3.8) is 0 Å². The summed E-state index contributed by atoms with van der Waals surface area (Å²) in [7, 11) is 0. The van der Waals surface area contributed by atoms with E-state index < -0.39 is 0 Å². The highest BCUT2D eigenvalue weighted by Gasteiger charge is 2.18. The highest BCUT2D eigenvalue weighted by atomic mass is 16.3. The van der Waals surface area contributed by atoms with Crippen molar-refractivity contribution in [1.82, 2.24) is 4.98 Å². The predicted octanol–water partition coefficient (Wildman–Crippen LogP) is 2.50. The summed E-state index contributed by atoms with van der Waals surface area (Å²) in [6, 6.07) is 10.4. The summed E-state index contributed by atoms with van der Waals surface area (Å²) in [4.78, 5) is 7.00. The van der Waals surface area contributed by atoms with Gasteiger partial charge in [-0.25, -0.2) is 4.98 Å². The van der Waals surface area contributed by atoms with Gasteiger partial charge in [-0.1, -0.05) is 18.2 Å². The van der Waals surface area contributed by atoms with E-state index in [0.29, 0.717) is 0 Å². The second-order valence-electron chi connectivity index (χ2n) is 5.03. The van der Waals surface area contributed by atoms with Crippen molar-refractivity contribution in [2.75, 3.05) is 18.0 Å². The molecule has 0 spiro atoms. The van der Waals surface area contributed by atoms with Crippen molar-refractivity contribution < 1.29 is 5.11 Å². The quantitative estimate of drug-likeness (QED) is 0.834. The molecule has 3 heteroatoms. The van der Waals surface area contributed by atoms with Crippen LogP contribution in [-0.4, -0.2) is 29.3 Å². The molecule has 0 aliphatic carbocycles. The molecule has 0 radical (unpaired) electrons. The van der Waals surface area contributed by atoms with Gasteiger partial charge in [-0.3, -0.25) is 0 Å². The van der Waals surface area contributed by atoms with E-state index >= 15 is 0 Å². The summed E-state index contributed by atoms with van der Waals surface area (Å²) in [5.41, 5.74) is 2.32. The number of para-hydroxylation sites is 1. The summed E-state index contributed by atoms with van der Waals surface area (Å²) in [5.74, 6) is 1.04. The second kappa shape index (κ2) is 4.58. The monoisotopic (exact) mass is 242 g/mol. The van der Waals surface area contributed by atoms with Crippen molar-refractivity contribution in [2.24, 2.45) is 0 Å². The highest BCUT2D eigenvalue weighted by Crippen LogP contribution is 2.24. The number of fused-ring (bicyclic) bond motifs is 1. The molecule has 0 saturated carbocycles. The normalized spacial score (nSPS) is 17.3. The van der Waals surface area contributed by atoms with Crippen molar-refractivity contribution in [3.8, 4) is 0 Å². The van der Waals surface area contributed by atoms with Crippen LogP contribution in [0.1, 0.15) is 18.4 Å². The number of pyridine rings is 1. The molecule has 1 fully saturated rings. The van der Waals surface area contributed by atoms with Gasteiger partial charge in [0.15, 0.2) is 0 Å². The molecule has 18 heavy (non-hydrogen) atoms. The SMILES string of the molecule is Cc1cc(N2CCC(O)CC2)nc2ccccc12. The third-order valence-corrected chi connectivity index (χ3v) is 3.70. The number of hydrogen-bond donors (Lipinski definition) is 1. The van der Waals surface area contributed by atoms with Crippen molar-refractivity contribution in [3.05, 3.63) is 35.9 Å². The molecule has 1 aromatic heterocycles. The third-order valence-electron chi connectivity index (χ3n) is 3.70. The number of rotatable bonds is 1. The van der Waals surface area contributed by atoms with E-state index in [1.54, 1.807) is 0 Å². The molecule has 94 valence electrons. The Kier molecular flexibility index (Phi) is 2.92. The van der Waals surface area contributed by atoms with E-state index in [0.717, 1.165) is 37.3 Å². The molecule has 1 aliphatic heterocycles. The molecule has 3 nitrogen and oxygen atoms in total. The van der Waals surface area contributed by atoms with Crippen molar-refractivity contribution in [2.45, 2.75) is 25.9 Å². The van der Waals surface area contributed by atoms with Crippen LogP contribution >= 0.6 is 0 Å². The summed E-state index contributed by atoms with van der Waals surface area (Å²) < 4.78 is 0. The minimum Gasteiger partial charge on any atom is -0.393 e. The van der Waals surface area contributed by atoms with Crippen LogP contribution in [0.3, 0.4) is 0 Å². The summed E-state index contributed by atoms with van der Waals surface area (Å²) in [6.07, 6.45) is 1.55. The lowest BCUT2D eigenvalue weighted by atomic mass is 10.1. The zero-order valence-corrected chi connectivity index (χ0v) is 10.6. The summed E-state index contributed by atoms with van der Waals surface area (Å²) in [5, 5.41) is 10.8. The van der Waals surface area contributed by atoms with Crippen LogP contribution in [0, 0.1) is 6.92 Å². The maximum absolute atomic E-state index is 9.55. The first-order valence-corrected chi connectivity index (χ1v) is 6.53. The van der Waals surface area contributed by atoms with Gasteiger partial charge < -0.3 is 10.0 Å². The topological polar surface area (TPSA) is 36.4 Å². The number of aliphatic hydroxyl groups excluding tert-OH is 1. The zero-order valence-electron chi connectivity index (χ0n) is 10.6. The second-order valence-corrected chi connectivity index (χ2v) is 5.03. The van der Waals surface area contributed by atoms with Gasteiger partial charge in [0.1, 0.15) is 5.82 Å². The minimum absolute atomic E-state index is 0.136. The Morgan fingerprint density at radius 3 is 2.72 bits per heavy atom. The van der Waals surface area contributed by atoms with Crippen LogP contribution in [0.2, 0.25) is 0 Å². The van der Waals surface area contributed by atoms with Crippen LogP contribution < -0.4 is 4.90 Å². The standard InChI is InChI=1S/C15H18N2O/c1-11-10-15(17-8-6-12(18)7-9-17)16-14-5-3-2-4-13(11)14/h2-5,10,12,18H,6-9H2,1H3. The number of aliphatic hydroxyl groups is 1. The first-order chi connectivity index (χ1) is 8.74. The van der Waals surface area contributed by atoms with Gasteiger partial charge in [-0.2, -0.15) is 0 Å². The van der Waals surface area contributed by atoms with Crippen molar-refractivity contribution in [1.29, 1.82) is 0 Å². The minimum atomic E-state index is -0.136. The summed E-state index contributed by atoms with van der Waals surface area (Å²) >= 11 is 0. The summed E-state index contributed by atoms with van der Waals surface area (Å²) in [6.45, 7) is 3.92. The van der Waals surface area contributed by atoms with E-state index in [1.807, 2.05) is 12.1 Å². The van der Waals surface area contributed by atoms with Crippen LogP contribution in [-0.2, 0) is 0 Å². The zero-order chi connectivity index (χ0) is 12.5. The van der Waals surface area contributed by atoms with Gasteiger partial charge in [-0.15, -0.1) is 0 Å². The molecule has 2 heterocycles. The molecule has 1 aromatic carbocycles. The molecule has 2 aromatic rings. The molecular weight excluding hydrogens is 224 g/mol. The maximum Gasteiger partial charge on any atom is 0.129 e. The number of hydrogen-bond acceptors (Lipinski definition) is 3. The van der Waals surface area contributed by atoms with Gasteiger partial charge in [-0.05, 0) is 37.5 Å². The van der Waals surface area contributed by atoms with Gasteiger partial charge in [0.05, 0.1) is 11.6 Å². The molecule has 3 rings (SSSR count). The average molecular weight is 242 g/mol. The number of nitrogens with zero attached hydrogens (tertiary/aromatic N) is 2. The Labute approximate surface area is 107 Å². The number of piperidine rings is 1. The van der Waals surface area contributed by atoms with Gasteiger partial charge in [0.2, 0.25) is 0 Å². The van der Waals surface area contributed by atoms with Crippen molar-refractivity contribution >= 4 is 16.7 Å². The van der Waals surface area contributed by atoms with E-state index in [-0.39, 0.29) is 6.10 Å². The van der Waals surface area contributed by atoms with E-state index in [2.05, 4.69) is 30.0 Å². The van der Waals surface area contributed by atoms with Crippen LogP contribution in [0.4, 0.5) is 5.82 Å². The Balaban J connectivity index is 1.97. The molecular formula is C15H18N2O. The highest BCUT2D eigenvalue weighted by molar-refractivity contribution is 5.83. The lowest BCUT2D eigenvalue weighted by molar-refractivity contribution is 0.145. The van der Waals surface area contributed by atoms with Crippen LogP contribution in [0.5, 0.6) is 0 Å². The van der Waals surface area contributed by atoms with Gasteiger partial charge >= 0.3 is 0 Å². The molecule has 0 atom stereocenters. The fourth-order valence-corrected chi connectivity index (χ4v) is 2.59. The van der Waals surface area contributed by atoms with E-state index in [4.69, 9.17) is 4.98 Å². The maximum atomic E-state index is 9.55. The average Bonchev–Trinajstić information content (AvgIpc) is 2.39. The largest absolute Gasteiger partial charge is 0.393 e. The Hall–Kier alpha value is -1.61. The first kappa shape index (κ1) is 11.5. The third kappa shape index (κ3) is 2.06. The van der Waals surface area contributed by atoms with Gasteiger partial charge in [0.25, 0.3) is 0 Å². The number of aryl methyl sites for hydroxylation is 1. The number of anilines is 1. The molecule has 1 aliphatic rings. The fourth-order valence-electron chi connectivity index (χ4n) is 2.59. The Bertz CT molecular complexity index is 559. The first-order valence-electron chi connectivity index (χ1n) is 6.53. The van der Waals surface area contributed by atoms with E-state index in [1.165, 1.54) is 10.9 Å². The Morgan fingerprint density at radius 1 is 1.22 bits per heavy atom. The van der Waals surface area contributed by atoms with E-state index in [9.17, 15) is 5.11 Å². The molecule has 1 saturated heterocycles. The number of benzene rings is 1. The molecule has 0 bridgehead atoms.